The van der Waals surface area contributed by atoms with E-state index in [4.69, 9.17) is 0 Å². The summed E-state index contributed by atoms with van der Waals surface area (Å²) in [7, 11) is 4.29. The molecule has 2 rings (SSSR count). The van der Waals surface area contributed by atoms with E-state index in [-0.39, 0.29) is 6.04 Å². The van der Waals surface area contributed by atoms with Crippen LogP contribution in [0.4, 0.5) is 0 Å². The Bertz CT molecular complexity index is 450. The van der Waals surface area contributed by atoms with Crippen LogP contribution >= 0.6 is 15.9 Å². The molecule has 106 valence electrons. The van der Waals surface area contributed by atoms with Gasteiger partial charge < -0.3 is 10.0 Å². The third-order valence-corrected chi connectivity index (χ3v) is 4.74. The van der Waals surface area contributed by atoms with Crippen molar-refractivity contribution in [1.82, 2.24) is 9.80 Å². The molecule has 1 heterocycles. The second-order valence-electron chi connectivity index (χ2n) is 5.84. The maximum atomic E-state index is 10.0. The molecule has 1 N–H and O–H groups in total. The Hall–Kier alpha value is -0.580. The third kappa shape index (κ3) is 3.12. The van der Waals surface area contributed by atoms with Gasteiger partial charge in [0.05, 0.1) is 0 Å². The van der Waals surface area contributed by atoms with Gasteiger partial charge in [-0.1, -0.05) is 22.9 Å². The molecule has 1 fully saturated rings. The number of likely N-dealkylation sites (N-methyl/N-ethyl adjacent to an activating group) is 1. The minimum Gasteiger partial charge on any atom is -0.508 e. The number of hydrogen-bond acceptors (Lipinski definition) is 3. The second-order valence-corrected chi connectivity index (χ2v) is 6.76. The van der Waals surface area contributed by atoms with Crippen LogP contribution in [0, 0.1) is 5.92 Å². The van der Waals surface area contributed by atoms with Crippen LogP contribution in [0.15, 0.2) is 22.7 Å². The van der Waals surface area contributed by atoms with E-state index in [2.05, 4.69) is 53.7 Å². The number of benzene rings is 1. The zero-order chi connectivity index (χ0) is 14.2. The molecule has 3 unspecified atom stereocenters. The first-order valence-corrected chi connectivity index (χ1v) is 7.58. The highest BCUT2D eigenvalue weighted by atomic mass is 79.9. The molecule has 1 saturated heterocycles. The van der Waals surface area contributed by atoms with Crippen LogP contribution in [0.1, 0.15) is 25.5 Å². The predicted molar refractivity (Wildman–Crippen MR) is 82.4 cm³/mol. The lowest BCUT2D eigenvalue weighted by Crippen LogP contribution is -2.34. The van der Waals surface area contributed by atoms with E-state index in [1.165, 1.54) is 0 Å². The van der Waals surface area contributed by atoms with Gasteiger partial charge in [-0.2, -0.15) is 0 Å². The van der Waals surface area contributed by atoms with Gasteiger partial charge >= 0.3 is 0 Å². The number of phenols is 1. The fraction of sp³-hybridized carbons (Fsp3) is 0.600. The van der Waals surface area contributed by atoms with Crippen molar-refractivity contribution in [2.45, 2.75) is 25.9 Å². The number of halogens is 1. The van der Waals surface area contributed by atoms with Gasteiger partial charge in [0.2, 0.25) is 0 Å². The van der Waals surface area contributed by atoms with Gasteiger partial charge in [0.25, 0.3) is 0 Å². The highest BCUT2D eigenvalue weighted by Gasteiger charge is 2.34. The highest BCUT2D eigenvalue weighted by Crippen LogP contribution is 2.34. The monoisotopic (exact) mass is 326 g/mol. The van der Waals surface area contributed by atoms with Crippen LogP contribution in [0.25, 0.3) is 0 Å². The average Bonchev–Trinajstić information content (AvgIpc) is 2.74. The zero-order valence-electron chi connectivity index (χ0n) is 12.1. The number of hydrogen-bond donors (Lipinski definition) is 1. The number of likely N-dealkylation sites (tertiary alicyclic amines) is 1. The Kier molecular flexibility index (Phi) is 4.54. The molecule has 0 radical (unpaired) electrons. The van der Waals surface area contributed by atoms with E-state index in [0.29, 0.717) is 17.7 Å². The first-order chi connectivity index (χ1) is 8.90. The number of nitrogens with zero attached hydrogens (tertiary/aromatic N) is 2. The van der Waals surface area contributed by atoms with E-state index in [9.17, 15) is 5.11 Å². The summed E-state index contributed by atoms with van der Waals surface area (Å²) in [5.41, 5.74) is 1.00. The molecule has 1 aliphatic heterocycles. The van der Waals surface area contributed by atoms with Crippen LogP contribution in [-0.2, 0) is 0 Å². The Morgan fingerprint density at radius 2 is 2.05 bits per heavy atom. The van der Waals surface area contributed by atoms with Gasteiger partial charge in [0.1, 0.15) is 5.75 Å². The molecule has 0 saturated carbocycles. The summed E-state index contributed by atoms with van der Waals surface area (Å²) in [4.78, 5) is 4.76. The summed E-state index contributed by atoms with van der Waals surface area (Å²) < 4.78 is 1.02. The quantitative estimate of drug-likeness (QED) is 0.924. The van der Waals surface area contributed by atoms with E-state index >= 15 is 0 Å². The minimum atomic E-state index is 0.241. The van der Waals surface area contributed by atoms with Gasteiger partial charge in [-0.15, -0.1) is 0 Å². The van der Waals surface area contributed by atoms with Crippen molar-refractivity contribution in [2.75, 3.05) is 27.2 Å². The smallest absolute Gasteiger partial charge is 0.120 e. The fourth-order valence-corrected chi connectivity index (χ4v) is 3.41. The van der Waals surface area contributed by atoms with Crippen LogP contribution in [0.2, 0.25) is 0 Å². The molecular weight excluding hydrogens is 304 g/mol. The molecule has 3 atom stereocenters. The minimum absolute atomic E-state index is 0.241. The molecule has 1 aliphatic rings. The van der Waals surface area contributed by atoms with Crippen molar-refractivity contribution in [3.05, 3.63) is 28.2 Å². The van der Waals surface area contributed by atoms with Crippen molar-refractivity contribution >= 4 is 15.9 Å². The lowest BCUT2D eigenvalue weighted by Gasteiger charge is -2.26. The second kappa shape index (κ2) is 5.81. The number of aromatic hydroxyl groups is 1. The largest absolute Gasteiger partial charge is 0.508 e. The van der Waals surface area contributed by atoms with Gasteiger partial charge in [-0.05, 0) is 45.1 Å². The Labute approximate surface area is 124 Å². The van der Waals surface area contributed by atoms with Gasteiger partial charge in [-0.25, -0.2) is 0 Å². The number of rotatable bonds is 3. The SMILES string of the molecule is CC1CN(C(C)c2cc(Br)ccc2O)CC1N(C)C. The molecule has 19 heavy (non-hydrogen) atoms. The first-order valence-electron chi connectivity index (χ1n) is 6.79. The van der Waals surface area contributed by atoms with Crippen LogP contribution in [0.3, 0.4) is 0 Å². The topological polar surface area (TPSA) is 26.7 Å². The molecule has 0 aliphatic carbocycles. The highest BCUT2D eigenvalue weighted by molar-refractivity contribution is 9.10. The van der Waals surface area contributed by atoms with Crippen molar-refractivity contribution in [3.63, 3.8) is 0 Å². The van der Waals surface area contributed by atoms with Crippen molar-refractivity contribution in [3.8, 4) is 5.75 Å². The predicted octanol–water partition coefficient (Wildman–Crippen LogP) is 3.10. The molecule has 3 nitrogen and oxygen atoms in total. The summed E-state index contributed by atoms with van der Waals surface area (Å²) in [5.74, 6) is 1.04. The van der Waals surface area contributed by atoms with Crippen LogP contribution in [0.5, 0.6) is 5.75 Å². The summed E-state index contributed by atoms with van der Waals surface area (Å²) in [6.45, 7) is 6.61. The molecule has 1 aromatic rings. The molecule has 0 aromatic heterocycles. The zero-order valence-corrected chi connectivity index (χ0v) is 13.7. The van der Waals surface area contributed by atoms with Gasteiger partial charge in [-0.3, -0.25) is 4.90 Å². The summed E-state index contributed by atoms with van der Waals surface area (Å²) in [6.07, 6.45) is 0. The normalized spacial score (nSPS) is 26.0. The van der Waals surface area contributed by atoms with E-state index in [0.717, 1.165) is 23.1 Å². The molecule has 1 aromatic carbocycles. The van der Waals surface area contributed by atoms with Gasteiger partial charge in [0, 0.05) is 35.2 Å². The number of phenolic OH excluding ortho intramolecular Hbond substituents is 1. The maximum Gasteiger partial charge on any atom is 0.120 e. The summed E-state index contributed by atoms with van der Waals surface area (Å²) in [6, 6.07) is 6.49. The lowest BCUT2D eigenvalue weighted by atomic mass is 10.1. The Morgan fingerprint density at radius 3 is 2.63 bits per heavy atom. The van der Waals surface area contributed by atoms with Crippen molar-refractivity contribution in [2.24, 2.45) is 5.92 Å². The van der Waals surface area contributed by atoms with E-state index in [1.54, 1.807) is 6.07 Å². The van der Waals surface area contributed by atoms with Gasteiger partial charge in [0.15, 0.2) is 0 Å². The van der Waals surface area contributed by atoms with Crippen molar-refractivity contribution < 1.29 is 5.11 Å². The van der Waals surface area contributed by atoms with E-state index in [1.807, 2.05) is 12.1 Å². The standard InChI is InChI=1S/C15H23BrN2O/c1-10-8-18(9-14(10)17(3)4)11(2)13-7-12(16)5-6-15(13)19/h5-7,10-11,14,19H,8-9H2,1-4H3. The third-order valence-electron chi connectivity index (χ3n) is 4.25. The molecular formula is C15H23BrN2O. The lowest BCUT2D eigenvalue weighted by molar-refractivity contribution is 0.223. The summed E-state index contributed by atoms with van der Waals surface area (Å²) in [5, 5.41) is 10.0. The molecule has 0 bridgehead atoms. The average molecular weight is 327 g/mol. The first kappa shape index (κ1) is 14.8. The van der Waals surface area contributed by atoms with E-state index < -0.39 is 0 Å². The molecule has 4 heteroatoms. The molecule has 0 spiro atoms. The van der Waals surface area contributed by atoms with Crippen LogP contribution in [-0.4, -0.2) is 48.1 Å². The maximum absolute atomic E-state index is 10.0. The Balaban J connectivity index is 2.17. The van der Waals surface area contributed by atoms with Crippen LogP contribution < -0.4 is 0 Å². The fourth-order valence-electron chi connectivity index (χ4n) is 3.03. The summed E-state index contributed by atoms with van der Waals surface area (Å²) >= 11 is 3.48. The Morgan fingerprint density at radius 1 is 1.37 bits per heavy atom. The van der Waals surface area contributed by atoms with Crippen molar-refractivity contribution in [1.29, 1.82) is 0 Å². The molecule has 0 amide bonds.